The van der Waals surface area contributed by atoms with Gasteiger partial charge in [-0.25, -0.2) is 8.42 Å². The molecule has 25 heavy (non-hydrogen) atoms. The van der Waals surface area contributed by atoms with Gasteiger partial charge in [0.15, 0.2) is 0 Å². The number of hydrogen-bond acceptors (Lipinski definition) is 3. The van der Waals surface area contributed by atoms with E-state index in [2.05, 4.69) is 0 Å². The highest BCUT2D eigenvalue weighted by molar-refractivity contribution is 7.92. The molecule has 2 aromatic rings. The fourth-order valence-electron chi connectivity index (χ4n) is 2.56. The van der Waals surface area contributed by atoms with Gasteiger partial charge in [-0.2, -0.15) is 0 Å². The zero-order valence-corrected chi connectivity index (χ0v) is 15.6. The molecule has 5 nitrogen and oxygen atoms in total. The van der Waals surface area contributed by atoms with Crippen molar-refractivity contribution in [2.45, 2.75) is 31.6 Å². The maximum atomic E-state index is 13.1. The van der Waals surface area contributed by atoms with Gasteiger partial charge in [-0.05, 0) is 56.2 Å². The van der Waals surface area contributed by atoms with Crippen LogP contribution in [0.5, 0.6) is 0 Å². The zero-order valence-electron chi connectivity index (χ0n) is 14.1. The highest BCUT2D eigenvalue weighted by atomic mass is 35.5. The van der Waals surface area contributed by atoms with Crippen LogP contribution < -0.4 is 4.31 Å². The number of hydrogen-bond donors (Lipinski definition) is 1. The van der Waals surface area contributed by atoms with E-state index in [4.69, 9.17) is 16.7 Å². The van der Waals surface area contributed by atoms with E-state index in [1.54, 1.807) is 6.07 Å². The number of aliphatic carboxylic acids is 1. The minimum Gasteiger partial charge on any atom is -0.481 e. The highest BCUT2D eigenvalue weighted by Gasteiger charge is 2.26. The van der Waals surface area contributed by atoms with Crippen molar-refractivity contribution in [1.29, 1.82) is 0 Å². The summed E-state index contributed by atoms with van der Waals surface area (Å²) < 4.78 is 27.5. The minimum absolute atomic E-state index is 0.0845. The normalized spacial score (nSPS) is 11.3. The lowest BCUT2D eigenvalue weighted by atomic mass is 10.1. The number of aryl methyl sites for hydroxylation is 2. The van der Waals surface area contributed by atoms with Gasteiger partial charge in [-0.1, -0.05) is 29.3 Å². The molecule has 0 aliphatic heterocycles. The van der Waals surface area contributed by atoms with Gasteiger partial charge in [0, 0.05) is 18.0 Å². The van der Waals surface area contributed by atoms with E-state index in [9.17, 15) is 13.2 Å². The third kappa shape index (κ3) is 4.74. The van der Waals surface area contributed by atoms with E-state index in [1.807, 2.05) is 26.0 Å². The number of sulfonamides is 1. The molecule has 0 aromatic heterocycles. The molecule has 0 atom stereocenters. The van der Waals surface area contributed by atoms with Crippen molar-refractivity contribution in [3.05, 3.63) is 58.6 Å². The van der Waals surface area contributed by atoms with Gasteiger partial charge < -0.3 is 5.11 Å². The van der Waals surface area contributed by atoms with Gasteiger partial charge in [0.1, 0.15) is 0 Å². The Morgan fingerprint density at radius 3 is 2.32 bits per heavy atom. The summed E-state index contributed by atoms with van der Waals surface area (Å²) in [4.78, 5) is 10.9. The summed E-state index contributed by atoms with van der Waals surface area (Å²) in [6.07, 6.45) is 0.118. The fourth-order valence-corrected chi connectivity index (χ4v) is 4.26. The molecule has 7 heteroatoms. The molecule has 0 saturated carbocycles. The van der Waals surface area contributed by atoms with E-state index in [1.165, 1.54) is 28.6 Å². The first kappa shape index (κ1) is 19.3. The predicted molar refractivity (Wildman–Crippen MR) is 98.8 cm³/mol. The topological polar surface area (TPSA) is 74.7 Å². The summed E-state index contributed by atoms with van der Waals surface area (Å²) in [5.74, 6) is -0.954. The molecule has 0 aliphatic rings. The lowest BCUT2D eigenvalue weighted by Crippen LogP contribution is -2.33. The van der Waals surface area contributed by atoms with Gasteiger partial charge >= 0.3 is 5.97 Å². The molecule has 2 aromatic carbocycles. The SMILES string of the molecule is Cc1ccc(N(CCCC(=O)O)S(=O)(=O)c2ccc(Cl)cc2)c(C)c1. The van der Waals surface area contributed by atoms with E-state index >= 15 is 0 Å². The molecule has 0 unspecified atom stereocenters. The molecular weight excluding hydrogens is 362 g/mol. The molecule has 1 N–H and O–H groups in total. The average molecular weight is 382 g/mol. The maximum absolute atomic E-state index is 13.1. The van der Waals surface area contributed by atoms with Crippen molar-refractivity contribution >= 4 is 33.3 Å². The quantitative estimate of drug-likeness (QED) is 0.786. The Balaban J connectivity index is 2.45. The van der Waals surface area contributed by atoms with Crippen LogP contribution in [0.3, 0.4) is 0 Å². The summed E-state index contributed by atoms with van der Waals surface area (Å²) >= 11 is 5.85. The molecule has 0 amide bonds. The number of carbonyl (C=O) groups is 1. The maximum Gasteiger partial charge on any atom is 0.303 e. The van der Waals surface area contributed by atoms with Gasteiger partial charge in [0.25, 0.3) is 10.0 Å². The van der Waals surface area contributed by atoms with Crippen molar-refractivity contribution in [3.63, 3.8) is 0 Å². The van der Waals surface area contributed by atoms with Crippen LogP contribution in [-0.2, 0) is 14.8 Å². The second-order valence-electron chi connectivity index (χ2n) is 5.82. The van der Waals surface area contributed by atoms with Crippen LogP contribution in [0.2, 0.25) is 5.02 Å². The van der Waals surface area contributed by atoms with Crippen molar-refractivity contribution in [2.24, 2.45) is 0 Å². The smallest absolute Gasteiger partial charge is 0.303 e. The molecule has 2 rings (SSSR count). The van der Waals surface area contributed by atoms with Crippen LogP contribution in [0, 0.1) is 13.8 Å². The predicted octanol–water partition coefficient (Wildman–Crippen LogP) is 4.02. The van der Waals surface area contributed by atoms with Crippen LogP contribution in [0.15, 0.2) is 47.4 Å². The Morgan fingerprint density at radius 1 is 1.12 bits per heavy atom. The summed E-state index contributed by atoms with van der Waals surface area (Å²) in [7, 11) is -3.82. The van der Waals surface area contributed by atoms with E-state index in [0.29, 0.717) is 10.7 Å². The third-order valence-electron chi connectivity index (χ3n) is 3.77. The minimum atomic E-state index is -3.82. The van der Waals surface area contributed by atoms with Crippen LogP contribution in [-0.4, -0.2) is 26.0 Å². The first-order valence-corrected chi connectivity index (χ1v) is 9.61. The average Bonchev–Trinajstić information content (AvgIpc) is 2.52. The number of nitrogens with zero attached hydrogens (tertiary/aromatic N) is 1. The van der Waals surface area contributed by atoms with Crippen LogP contribution in [0.1, 0.15) is 24.0 Å². The molecule has 0 fully saturated rings. The third-order valence-corrected chi connectivity index (χ3v) is 5.85. The number of carboxylic acids is 1. The van der Waals surface area contributed by atoms with Crippen LogP contribution in [0.25, 0.3) is 0 Å². The van der Waals surface area contributed by atoms with Gasteiger partial charge in [0.2, 0.25) is 0 Å². The molecule has 0 spiro atoms. The summed E-state index contributed by atoms with van der Waals surface area (Å²) in [5, 5.41) is 9.30. The second kappa shape index (κ2) is 7.89. The number of anilines is 1. The van der Waals surface area contributed by atoms with Gasteiger partial charge in [0.05, 0.1) is 10.6 Å². The number of benzene rings is 2. The standard InChI is InChI=1S/C18H20ClNO4S/c1-13-5-10-17(14(2)12-13)20(11-3-4-18(21)22)25(23,24)16-8-6-15(19)7-9-16/h5-10,12H,3-4,11H2,1-2H3,(H,21,22). The van der Waals surface area contributed by atoms with E-state index < -0.39 is 16.0 Å². The van der Waals surface area contributed by atoms with Crippen molar-refractivity contribution < 1.29 is 18.3 Å². The molecule has 0 bridgehead atoms. The highest BCUT2D eigenvalue weighted by Crippen LogP contribution is 2.28. The summed E-state index contributed by atoms with van der Waals surface area (Å²) in [6, 6.07) is 11.4. The van der Waals surface area contributed by atoms with E-state index in [0.717, 1.165) is 11.1 Å². The molecular formula is C18H20ClNO4S. The number of carboxylic acid groups (broad SMARTS) is 1. The molecule has 0 radical (unpaired) electrons. The number of rotatable bonds is 7. The van der Waals surface area contributed by atoms with E-state index in [-0.39, 0.29) is 24.3 Å². The molecule has 0 heterocycles. The Hall–Kier alpha value is -2.05. The molecule has 134 valence electrons. The second-order valence-corrected chi connectivity index (χ2v) is 8.12. The lowest BCUT2D eigenvalue weighted by Gasteiger charge is -2.26. The van der Waals surface area contributed by atoms with Crippen LogP contribution >= 0.6 is 11.6 Å². The summed E-state index contributed by atoms with van der Waals surface area (Å²) in [6.45, 7) is 3.85. The Morgan fingerprint density at radius 2 is 1.76 bits per heavy atom. The summed E-state index contributed by atoms with van der Waals surface area (Å²) in [5.41, 5.74) is 2.38. The van der Waals surface area contributed by atoms with Gasteiger partial charge in [-0.15, -0.1) is 0 Å². The first-order chi connectivity index (χ1) is 11.7. The monoisotopic (exact) mass is 381 g/mol. The lowest BCUT2D eigenvalue weighted by molar-refractivity contribution is -0.137. The number of halogens is 1. The van der Waals surface area contributed by atoms with Crippen LogP contribution in [0.4, 0.5) is 5.69 Å². The van der Waals surface area contributed by atoms with Crippen molar-refractivity contribution in [2.75, 3.05) is 10.8 Å². The van der Waals surface area contributed by atoms with Crippen molar-refractivity contribution in [1.82, 2.24) is 0 Å². The zero-order chi connectivity index (χ0) is 18.6. The Labute approximate surface area is 152 Å². The van der Waals surface area contributed by atoms with Crippen molar-refractivity contribution in [3.8, 4) is 0 Å². The van der Waals surface area contributed by atoms with Gasteiger partial charge in [-0.3, -0.25) is 9.10 Å². The first-order valence-electron chi connectivity index (χ1n) is 7.79. The Bertz CT molecular complexity index is 863. The fraction of sp³-hybridized carbons (Fsp3) is 0.278. The molecule has 0 saturated heterocycles. The largest absolute Gasteiger partial charge is 0.481 e. The molecule has 0 aliphatic carbocycles. The Kier molecular flexibility index (Phi) is 6.08.